The summed E-state index contributed by atoms with van der Waals surface area (Å²) < 4.78 is 0. The Bertz CT molecular complexity index is 338. The quantitative estimate of drug-likeness (QED) is 0.495. The van der Waals surface area contributed by atoms with E-state index in [2.05, 4.69) is 40.7 Å². The monoisotopic (exact) mass is 276 g/mol. The number of hydrogen-bond acceptors (Lipinski definition) is 0. The van der Waals surface area contributed by atoms with E-state index < -0.39 is 0 Å². The van der Waals surface area contributed by atoms with Crippen LogP contribution in [-0.2, 0) is 0 Å². The summed E-state index contributed by atoms with van der Waals surface area (Å²) in [5.74, 6) is 3.70. The highest BCUT2D eigenvalue weighted by atomic mass is 14.5. The van der Waals surface area contributed by atoms with Crippen LogP contribution in [0, 0.1) is 29.1 Å². The predicted octanol–water partition coefficient (Wildman–Crippen LogP) is 6.61. The van der Waals surface area contributed by atoms with E-state index >= 15 is 0 Å². The Balaban J connectivity index is 1.99. The molecule has 0 aromatic rings. The summed E-state index contributed by atoms with van der Waals surface area (Å²) in [5, 5.41) is 0. The lowest BCUT2D eigenvalue weighted by atomic mass is 9.61. The molecule has 2 aliphatic carbocycles. The third-order valence-corrected chi connectivity index (χ3v) is 6.54. The molecule has 2 fully saturated rings. The molecule has 0 aromatic heterocycles. The van der Waals surface area contributed by atoms with Gasteiger partial charge in [-0.15, -0.1) is 0 Å². The lowest BCUT2D eigenvalue weighted by molar-refractivity contribution is 0.0927. The van der Waals surface area contributed by atoms with E-state index in [4.69, 9.17) is 0 Å². The standard InChI is InChI=1S/C20H36/c1-6-17-11-8-14-20(5)18(12-13-19(17)20)16(4)10-7-9-15(2)3/h6,15-16,18-19H,7-14H2,1-5H3/b17-6+/t16-,18-,19+,20-/m1/s1. The van der Waals surface area contributed by atoms with Gasteiger partial charge in [0, 0.05) is 0 Å². The van der Waals surface area contributed by atoms with E-state index in [0.717, 1.165) is 23.7 Å². The van der Waals surface area contributed by atoms with Crippen molar-refractivity contribution in [3.63, 3.8) is 0 Å². The molecule has 0 heterocycles. The van der Waals surface area contributed by atoms with Crippen molar-refractivity contribution in [3.05, 3.63) is 11.6 Å². The van der Waals surface area contributed by atoms with Crippen LogP contribution in [0.4, 0.5) is 0 Å². The molecule has 0 aliphatic heterocycles. The average Bonchev–Trinajstić information content (AvgIpc) is 2.75. The van der Waals surface area contributed by atoms with Crippen LogP contribution >= 0.6 is 0 Å². The number of rotatable bonds is 5. The molecule has 4 atom stereocenters. The number of hydrogen-bond donors (Lipinski definition) is 0. The van der Waals surface area contributed by atoms with Crippen molar-refractivity contribution >= 4 is 0 Å². The molecule has 0 radical (unpaired) electrons. The Hall–Kier alpha value is -0.260. The first kappa shape index (κ1) is 16.1. The fourth-order valence-corrected chi connectivity index (χ4v) is 5.41. The van der Waals surface area contributed by atoms with Crippen molar-refractivity contribution in [1.82, 2.24) is 0 Å². The van der Waals surface area contributed by atoms with Crippen molar-refractivity contribution in [1.29, 1.82) is 0 Å². The Morgan fingerprint density at radius 3 is 2.60 bits per heavy atom. The molecular formula is C20H36. The third kappa shape index (κ3) is 3.15. The summed E-state index contributed by atoms with van der Waals surface area (Å²) in [5.41, 5.74) is 2.41. The highest BCUT2D eigenvalue weighted by Crippen LogP contribution is 2.59. The Labute approximate surface area is 127 Å². The van der Waals surface area contributed by atoms with Crippen LogP contribution in [0.3, 0.4) is 0 Å². The van der Waals surface area contributed by atoms with Gasteiger partial charge in [0.15, 0.2) is 0 Å². The maximum absolute atomic E-state index is 2.62. The van der Waals surface area contributed by atoms with Gasteiger partial charge in [0.05, 0.1) is 0 Å². The van der Waals surface area contributed by atoms with E-state index in [-0.39, 0.29) is 0 Å². The smallest absolute Gasteiger partial charge is 0.0146 e. The highest BCUT2D eigenvalue weighted by Gasteiger charge is 2.50. The second-order valence-corrected chi connectivity index (χ2v) is 8.26. The molecule has 2 aliphatic rings. The van der Waals surface area contributed by atoms with Crippen molar-refractivity contribution in [3.8, 4) is 0 Å². The Morgan fingerprint density at radius 2 is 1.95 bits per heavy atom. The highest BCUT2D eigenvalue weighted by molar-refractivity contribution is 5.17. The molecule has 0 heteroatoms. The van der Waals surface area contributed by atoms with Gasteiger partial charge < -0.3 is 0 Å². The molecule has 0 saturated heterocycles. The lowest BCUT2D eigenvalue weighted by Crippen LogP contribution is -2.35. The molecule has 116 valence electrons. The van der Waals surface area contributed by atoms with Crippen molar-refractivity contribution in [2.24, 2.45) is 29.1 Å². The predicted molar refractivity (Wildman–Crippen MR) is 89.8 cm³/mol. The van der Waals surface area contributed by atoms with Crippen LogP contribution in [0.15, 0.2) is 11.6 Å². The molecule has 0 spiro atoms. The van der Waals surface area contributed by atoms with E-state index in [1.54, 1.807) is 5.57 Å². The Morgan fingerprint density at radius 1 is 1.20 bits per heavy atom. The summed E-state index contributed by atoms with van der Waals surface area (Å²) in [6.07, 6.45) is 14.0. The van der Waals surface area contributed by atoms with E-state index in [1.807, 2.05) is 0 Å². The summed E-state index contributed by atoms with van der Waals surface area (Å²) in [7, 11) is 0. The van der Waals surface area contributed by atoms with Crippen LogP contribution in [0.2, 0.25) is 0 Å². The lowest BCUT2D eigenvalue weighted by Gasteiger charge is -2.44. The summed E-state index contributed by atoms with van der Waals surface area (Å²) >= 11 is 0. The van der Waals surface area contributed by atoms with Crippen LogP contribution < -0.4 is 0 Å². The molecule has 2 rings (SSSR count). The first-order valence-electron chi connectivity index (χ1n) is 9.14. The van der Waals surface area contributed by atoms with Gasteiger partial charge in [-0.25, -0.2) is 0 Å². The van der Waals surface area contributed by atoms with Crippen molar-refractivity contribution in [2.45, 2.75) is 86.0 Å². The molecule has 0 aromatic carbocycles. The van der Waals surface area contributed by atoms with Crippen molar-refractivity contribution < 1.29 is 0 Å². The minimum Gasteiger partial charge on any atom is -0.0882 e. The van der Waals surface area contributed by atoms with Crippen LogP contribution in [0.5, 0.6) is 0 Å². The molecule has 2 saturated carbocycles. The maximum Gasteiger partial charge on any atom is -0.0146 e. The SMILES string of the molecule is C/C=C1\CCC[C@]2(C)[C@@H]([C@H](C)CCCC(C)C)CC[C@@H]12. The normalized spacial score (nSPS) is 37.4. The zero-order chi connectivity index (χ0) is 14.8. The molecule has 20 heavy (non-hydrogen) atoms. The van der Waals surface area contributed by atoms with Crippen LogP contribution in [0.25, 0.3) is 0 Å². The second-order valence-electron chi connectivity index (χ2n) is 8.26. The number of fused-ring (bicyclic) bond motifs is 1. The molecule has 0 unspecified atom stereocenters. The van der Waals surface area contributed by atoms with E-state index in [0.29, 0.717) is 5.41 Å². The molecule has 0 N–H and O–H groups in total. The van der Waals surface area contributed by atoms with E-state index in [9.17, 15) is 0 Å². The minimum atomic E-state index is 0.622. The van der Waals surface area contributed by atoms with Crippen molar-refractivity contribution in [2.75, 3.05) is 0 Å². The van der Waals surface area contributed by atoms with Gasteiger partial charge in [-0.3, -0.25) is 0 Å². The van der Waals surface area contributed by atoms with Crippen LogP contribution in [0.1, 0.15) is 86.0 Å². The third-order valence-electron chi connectivity index (χ3n) is 6.54. The van der Waals surface area contributed by atoms with Gasteiger partial charge in [0.2, 0.25) is 0 Å². The van der Waals surface area contributed by atoms with Gasteiger partial charge in [-0.1, -0.05) is 58.6 Å². The topological polar surface area (TPSA) is 0 Å². The second kappa shape index (κ2) is 6.67. The zero-order valence-corrected chi connectivity index (χ0v) is 14.5. The van der Waals surface area contributed by atoms with Gasteiger partial charge in [0.25, 0.3) is 0 Å². The molecule has 0 amide bonds. The first-order chi connectivity index (χ1) is 9.49. The zero-order valence-electron chi connectivity index (χ0n) is 14.5. The van der Waals surface area contributed by atoms with Gasteiger partial charge in [-0.05, 0) is 68.1 Å². The maximum atomic E-state index is 2.62. The molecule has 0 bridgehead atoms. The largest absolute Gasteiger partial charge is 0.0882 e. The number of allylic oxidation sites excluding steroid dienone is 2. The van der Waals surface area contributed by atoms with E-state index in [1.165, 1.54) is 51.4 Å². The average molecular weight is 277 g/mol. The van der Waals surface area contributed by atoms with Crippen LogP contribution in [-0.4, -0.2) is 0 Å². The molecular weight excluding hydrogens is 240 g/mol. The fraction of sp³-hybridized carbons (Fsp3) is 0.900. The minimum absolute atomic E-state index is 0.622. The molecule has 0 nitrogen and oxygen atoms in total. The fourth-order valence-electron chi connectivity index (χ4n) is 5.41. The van der Waals surface area contributed by atoms with Gasteiger partial charge >= 0.3 is 0 Å². The summed E-state index contributed by atoms with van der Waals surface area (Å²) in [6, 6.07) is 0. The summed E-state index contributed by atoms with van der Waals surface area (Å²) in [4.78, 5) is 0. The summed E-state index contributed by atoms with van der Waals surface area (Å²) in [6.45, 7) is 12.1. The van der Waals surface area contributed by atoms with Gasteiger partial charge in [-0.2, -0.15) is 0 Å². The Kier molecular flexibility index (Phi) is 5.37. The van der Waals surface area contributed by atoms with Gasteiger partial charge in [0.1, 0.15) is 0 Å². The first-order valence-corrected chi connectivity index (χ1v) is 9.14.